The number of carbonyl (C=O) groups excluding carboxylic acids is 2. The first kappa shape index (κ1) is 30.5. The number of Topliss-reactive ketones (excluding diaryl/α,β-unsaturated/α-hetero) is 2. The normalized spacial score (nSPS) is 29.7. The maximum absolute atomic E-state index is 14.7. The van der Waals surface area contributed by atoms with E-state index in [-0.39, 0.29) is 58.5 Å². The lowest BCUT2D eigenvalue weighted by atomic mass is 9.48. The van der Waals surface area contributed by atoms with Crippen molar-refractivity contribution in [1.82, 2.24) is 0 Å². The number of aliphatic hydroxyl groups is 1. The number of carboxylic acid groups (broad SMARTS) is 1. The van der Waals surface area contributed by atoms with Gasteiger partial charge in [-0.2, -0.15) is 0 Å². The van der Waals surface area contributed by atoms with Gasteiger partial charge in [0.2, 0.25) is 0 Å². The molecule has 41 heavy (non-hydrogen) atoms. The fraction of sp³-hybridized carbons (Fsp3) is 0.514. The summed E-state index contributed by atoms with van der Waals surface area (Å²) in [6.45, 7) is 17.9. The maximum Gasteiger partial charge on any atom is 0.304 e. The lowest BCUT2D eigenvalue weighted by Gasteiger charge is -2.56. The predicted molar refractivity (Wildman–Crippen MR) is 159 cm³/mol. The van der Waals surface area contributed by atoms with E-state index in [2.05, 4.69) is 20.4 Å². The van der Waals surface area contributed by atoms with E-state index in [4.69, 9.17) is 4.74 Å². The number of carbonyl (C=O) groups is 3. The molecule has 3 aliphatic rings. The highest BCUT2D eigenvalue weighted by Gasteiger charge is 2.59. The van der Waals surface area contributed by atoms with Crippen LogP contribution in [0.5, 0.6) is 0 Å². The van der Waals surface area contributed by atoms with Gasteiger partial charge in [-0.25, -0.2) is 0 Å². The third-order valence-electron chi connectivity index (χ3n) is 9.96. The molecule has 0 saturated heterocycles. The number of ketones is 2. The molecule has 2 N–H and O–H groups in total. The van der Waals surface area contributed by atoms with E-state index in [1.165, 1.54) is 0 Å². The van der Waals surface area contributed by atoms with Crippen LogP contribution in [0.2, 0.25) is 0 Å². The first-order chi connectivity index (χ1) is 19.1. The van der Waals surface area contributed by atoms with Crippen molar-refractivity contribution in [1.29, 1.82) is 0 Å². The summed E-state index contributed by atoms with van der Waals surface area (Å²) in [5.74, 6) is -2.92. The summed E-state index contributed by atoms with van der Waals surface area (Å²) in [6.07, 6.45) is 2.44. The molecule has 2 aliphatic carbocycles. The van der Waals surface area contributed by atoms with Crippen LogP contribution in [0.25, 0.3) is 0 Å². The summed E-state index contributed by atoms with van der Waals surface area (Å²) in [6, 6.07) is 9.09. The zero-order valence-corrected chi connectivity index (χ0v) is 25.4. The number of ether oxygens (including phenoxy) is 1. The van der Waals surface area contributed by atoms with Gasteiger partial charge in [0.1, 0.15) is 23.2 Å². The molecule has 1 aromatic rings. The Labute approximate surface area is 243 Å². The molecule has 4 rings (SSSR count). The Morgan fingerprint density at radius 1 is 1.15 bits per heavy atom. The molecule has 1 aromatic carbocycles. The van der Waals surface area contributed by atoms with Crippen LogP contribution in [0.1, 0.15) is 85.6 Å². The Morgan fingerprint density at radius 3 is 2.32 bits per heavy atom. The quantitative estimate of drug-likeness (QED) is 0.240. The maximum atomic E-state index is 14.7. The number of carboxylic acids is 1. The standard InChI is InChI=1S/C35H44O6/c1-19(2)14-15-35(18-24-16-26(20(3)4)34(24,7)8)32(39)28(25(17-27(36)37)23-12-10-9-11-13-23)31-29(33(35)40)30(38)21(5)22(6)41-31/h9-14,21-22,24-26,39H,3,15-18H2,1-2,4-8H3,(H,36,37)/t21-,22-,24+,25?,26+,35?/m1/s1. The van der Waals surface area contributed by atoms with Crippen molar-refractivity contribution in [3.8, 4) is 0 Å². The van der Waals surface area contributed by atoms with Gasteiger partial charge in [-0.1, -0.05) is 74.9 Å². The van der Waals surface area contributed by atoms with E-state index in [1.54, 1.807) is 13.8 Å². The Morgan fingerprint density at radius 2 is 1.78 bits per heavy atom. The molecule has 0 radical (unpaired) electrons. The van der Waals surface area contributed by atoms with Crippen LogP contribution in [0.15, 0.2) is 76.8 Å². The minimum absolute atomic E-state index is 0.0366. The molecule has 220 valence electrons. The van der Waals surface area contributed by atoms with Crippen LogP contribution in [-0.4, -0.2) is 33.9 Å². The average molecular weight is 561 g/mol. The minimum Gasteiger partial charge on any atom is -0.511 e. The van der Waals surface area contributed by atoms with Gasteiger partial charge in [0.15, 0.2) is 11.6 Å². The Bertz CT molecular complexity index is 1360. The smallest absolute Gasteiger partial charge is 0.304 e. The van der Waals surface area contributed by atoms with Gasteiger partial charge in [0.05, 0.1) is 17.8 Å². The first-order valence-electron chi connectivity index (χ1n) is 14.6. The molecule has 0 bridgehead atoms. The van der Waals surface area contributed by atoms with Crippen LogP contribution < -0.4 is 0 Å². The molecule has 6 heteroatoms. The Kier molecular flexibility index (Phi) is 8.28. The lowest BCUT2D eigenvalue weighted by molar-refractivity contribution is -0.137. The molecule has 1 heterocycles. The van der Waals surface area contributed by atoms with Crippen molar-refractivity contribution in [2.45, 2.75) is 86.2 Å². The zero-order chi connectivity index (χ0) is 30.4. The SMILES string of the molecule is C=C(C)[C@@H]1C[C@@H](CC2(CC=C(C)C)C(=O)C3=C(O[C@H](C)[C@@H](C)C3=O)C(C(CC(=O)O)c3ccccc3)=C2O)C1(C)C. The number of hydrogen-bond donors (Lipinski definition) is 2. The summed E-state index contributed by atoms with van der Waals surface area (Å²) in [4.78, 5) is 40.8. The number of aliphatic carboxylic acids is 1. The van der Waals surface area contributed by atoms with Crippen molar-refractivity contribution < 1.29 is 29.3 Å². The fourth-order valence-electron chi connectivity index (χ4n) is 7.05. The van der Waals surface area contributed by atoms with Gasteiger partial charge < -0.3 is 14.9 Å². The Hall–Kier alpha value is -3.41. The van der Waals surface area contributed by atoms with E-state index in [0.717, 1.165) is 17.6 Å². The van der Waals surface area contributed by atoms with E-state index < -0.39 is 35.1 Å². The highest BCUT2D eigenvalue weighted by Crippen LogP contribution is 2.61. The number of benzene rings is 1. The summed E-state index contributed by atoms with van der Waals surface area (Å²) in [5.41, 5.74) is 1.38. The topological polar surface area (TPSA) is 101 Å². The third-order valence-corrected chi connectivity index (χ3v) is 9.96. The van der Waals surface area contributed by atoms with Crippen LogP contribution in [0.3, 0.4) is 0 Å². The molecule has 6 atom stereocenters. The van der Waals surface area contributed by atoms with Crippen molar-refractivity contribution in [2.75, 3.05) is 0 Å². The van der Waals surface area contributed by atoms with E-state index in [1.807, 2.05) is 57.2 Å². The molecule has 0 spiro atoms. The van der Waals surface area contributed by atoms with Crippen molar-refractivity contribution in [3.05, 3.63) is 82.4 Å². The minimum atomic E-state index is -1.42. The van der Waals surface area contributed by atoms with Crippen LogP contribution in [0.4, 0.5) is 0 Å². The number of rotatable bonds is 9. The van der Waals surface area contributed by atoms with Gasteiger partial charge in [-0.15, -0.1) is 0 Å². The van der Waals surface area contributed by atoms with Gasteiger partial charge in [0, 0.05) is 11.5 Å². The molecule has 1 saturated carbocycles. The third kappa shape index (κ3) is 5.22. The zero-order valence-electron chi connectivity index (χ0n) is 25.4. The molecule has 0 amide bonds. The van der Waals surface area contributed by atoms with Crippen molar-refractivity contribution in [2.24, 2.45) is 28.6 Å². The van der Waals surface area contributed by atoms with E-state index >= 15 is 0 Å². The first-order valence-corrected chi connectivity index (χ1v) is 14.6. The van der Waals surface area contributed by atoms with Crippen molar-refractivity contribution in [3.63, 3.8) is 0 Å². The highest BCUT2D eigenvalue weighted by molar-refractivity contribution is 6.25. The van der Waals surface area contributed by atoms with Gasteiger partial charge >= 0.3 is 5.97 Å². The molecular formula is C35H44O6. The van der Waals surface area contributed by atoms with E-state index in [9.17, 15) is 24.6 Å². The summed E-state index contributed by atoms with van der Waals surface area (Å²) >= 11 is 0. The molecule has 1 fully saturated rings. The van der Waals surface area contributed by atoms with Gasteiger partial charge in [-0.3, -0.25) is 14.4 Å². The van der Waals surface area contributed by atoms with Crippen LogP contribution in [-0.2, 0) is 19.1 Å². The largest absolute Gasteiger partial charge is 0.511 e. The molecular weight excluding hydrogens is 516 g/mol. The van der Waals surface area contributed by atoms with Crippen molar-refractivity contribution >= 4 is 17.5 Å². The second-order valence-corrected chi connectivity index (χ2v) is 13.3. The average Bonchev–Trinajstić information content (AvgIpc) is 2.89. The van der Waals surface area contributed by atoms with Crippen LogP contribution in [0, 0.1) is 28.6 Å². The summed E-state index contributed by atoms with van der Waals surface area (Å²) in [5, 5.41) is 22.4. The summed E-state index contributed by atoms with van der Waals surface area (Å²) in [7, 11) is 0. The monoisotopic (exact) mass is 560 g/mol. The van der Waals surface area contributed by atoms with Gasteiger partial charge in [0.25, 0.3) is 0 Å². The second-order valence-electron chi connectivity index (χ2n) is 13.3. The fourth-order valence-corrected chi connectivity index (χ4v) is 7.05. The van der Waals surface area contributed by atoms with E-state index in [0.29, 0.717) is 12.0 Å². The summed E-state index contributed by atoms with van der Waals surface area (Å²) < 4.78 is 6.26. The molecule has 0 aromatic heterocycles. The molecule has 1 aliphatic heterocycles. The van der Waals surface area contributed by atoms with Crippen LogP contribution >= 0.6 is 0 Å². The second kappa shape index (κ2) is 11.1. The number of aliphatic hydroxyl groups excluding tert-OH is 1. The number of hydrogen-bond acceptors (Lipinski definition) is 5. The highest BCUT2D eigenvalue weighted by atomic mass is 16.5. The molecule has 6 nitrogen and oxygen atoms in total. The predicted octanol–water partition coefficient (Wildman–Crippen LogP) is 7.49. The lowest BCUT2D eigenvalue weighted by Crippen LogP contribution is -2.52. The molecule has 2 unspecified atom stereocenters. The van der Waals surface area contributed by atoms with Gasteiger partial charge in [-0.05, 0) is 69.8 Å². The number of allylic oxidation sites excluding steroid dienone is 6. The Balaban J connectivity index is 2.01.